The van der Waals surface area contributed by atoms with Crippen LogP contribution in [0, 0.1) is 0 Å². The van der Waals surface area contributed by atoms with Crippen LogP contribution in [0.25, 0.3) is 0 Å². The van der Waals surface area contributed by atoms with Crippen LogP contribution in [-0.2, 0) is 10.0 Å². The van der Waals surface area contributed by atoms with Crippen molar-refractivity contribution in [2.45, 2.75) is 22.5 Å². The van der Waals surface area contributed by atoms with Gasteiger partial charge in [-0.3, -0.25) is 0 Å². The first-order chi connectivity index (χ1) is 8.40. The van der Waals surface area contributed by atoms with E-state index in [0.29, 0.717) is 6.54 Å². The number of carbonyl (C=O) groups is 1. The SMILES string of the molecule is CSC1(CNS(=O)(=O)c2ccsc2C(=O)O)CC1. The number of sulfonamides is 1. The van der Waals surface area contributed by atoms with Crippen molar-refractivity contribution in [3.63, 3.8) is 0 Å². The van der Waals surface area contributed by atoms with Crippen molar-refractivity contribution >= 4 is 39.1 Å². The topological polar surface area (TPSA) is 83.5 Å². The van der Waals surface area contributed by atoms with Gasteiger partial charge in [-0.25, -0.2) is 17.9 Å². The van der Waals surface area contributed by atoms with E-state index >= 15 is 0 Å². The predicted molar refractivity (Wildman–Crippen MR) is 71.9 cm³/mol. The summed E-state index contributed by atoms with van der Waals surface area (Å²) in [4.78, 5) is 10.6. The summed E-state index contributed by atoms with van der Waals surface area (Å²) in [7, 11) is -3.73. The minimum Gasteiger partial charge on any atom is -0.477 e. The largest absolute Gasteiger partial charge is 0.477 e. The molecule has 1 aliphatic rings. The fraction of sp³-hybridized carbons (Fsp3) is 0.500. The van der Waals surface area contributed by atoms with Gasteiger partial charge in [0, 0.05) is 11.3 Å². The summed E-state index contributed by atoms with van der Waals surface area (Å²) in [6, 6.07) is 1.33. The van der Waals surface area contributed by atoms with Crippen molar-refractivity contribution in [2.75, 3.05) is 12.8 Å². The molecule has 0 radical (unpaired) electrons. The lowest BCUT2D eigenvalue weighted by Crippen LogP contribution is -2.32. The Morgan fingerprint density at radius 3 is 2.78 bits per heavy atom. The Kier molecular flexibility index (Phi) is 3.72. The number of carboxylic acid groups (broad SMARTS) is 1. The first kappa shape index (κ1) is 13.9. The fourth-order valence-corrected chi connectivity index (χ4v) is 4.77. The molecular formula is C10H13NO4S3. The lowest BCUT2D eigenvalue weighted by Gasteiger charge is -2.13. The highest BCUT2D eigenvalue weighted by Gasteiger charge is 2.42. The smallest absolute Gasteiger partial charge is 0.347 e. The lowest BCUT2D eigenvalue weighted by molar-refractivity contribution is 0.0698. The monoisotopic (exact) mass is 307 g/mol. The summed E-state index contributed by atoms with van der Waals surface area (Å²) in [6.07, 6.45) is 3.94. The van der Waals surface area contributed by atoms with E-state index in [9.17, 15) is 13.2 Å². The van der Waals surface area contributed by atoms with Crippen LogP contribution in [0.2, 0.25) is 0 Å². The molecule has 0 aromatic carbocycles. The molecule has 2 rings (SSSR count). The molecule has 5 nitrogen and oxygen atoms in total. The maximum absolute atomic E-state index is 12.0. The normalized spacial score (nSPS) is 17.6. The van der Waals surface area contributed by atoms with E-state index < -0.39 is 16.0 Å². The summed E-state index contributed by atoms with van der Waals surface area (Å²) in [5.41, 5.74) is 0. The quantitative estimate of drug-likeness (QED) is 0.834. The molecule has 0 spiro atoms. The number of nitrogens with one attached hydrogen (secondary N) is 1. The van der Waals surface area contributed by atoms with E-state index in [1.165, 1.54) is 11.4 Å². The molecule has 1 aromatic heterocycles. The third-order valence-corrected chi connectivity index (χ3v) is 6.83. The van der Waals surface area contributed by atoms with Gasteiger partial charge >= 0.3 is 5.97 Å². The summed E-state index contributed by atoms with van der Waals surface area (Å²) >= 11 is 2.56. The second-order valence-corrected chi connectivity index (χ2v) is 8.06. The number of hydrogen-bond donors (Lipinski definition) is 2. The zero-order valence-corrected chi connectivity index (χ0v) is 12.1. The molecule has 1 saturated carbocycles. The van der Waals surface area contributed by atoms with Crippen LogP contribution in [0.3, 0.4) is 0 Å². The molecule has 18 heavy (non-hydrogen) atoms. The molecule has 0 unspecified atom stereocenters. The molecular weight excluding hydrogens is 294 g/mol. The molecule has 1 aromatic rings. The Hall–Kier alpha value is -0.570. The van der Waals surface area contributed by atoms with Crippen molar-refractivity contribution in [3.05, 3.63) is 16.3 Å². The minimum atomic E-state index is -3.73. The first-order valence-corrected chi connectivity index (χ1v) is 8.85. The molecule has 0 atom stereocenters. The number of thiophene rings is 1. The van der Waals surface area contributed by atoms with Crippen molar-refractivity contribution < 1.29 is 18.3 Å². The molecule has 1 fully saturated rings. The van der Waals surface area contributed by atoms with Gasteiger partial charge in [-0.15, -0.1) is 11.3 Å². The van der Waals surface area contributed by atoms with Crippen molar-refractivity contribution in [1.82, 2.24) is 4.72 Å². The summed E-state index contributed by atoms with van der Waals surface area (Å²) in [6.45, 7) is 0.353. The maximum atomic E-state index is 12.0. The molecule has 0 aliphatic heterocycles. The van der Waals surface area contributed by atoms with E-state index in [1.807, 2.05) is 6.26 Å². The number of aromatic carboxylic acids is 1. The van der Waals surface area contributed by atoms with Crippen molar-refractivity contribution in [1.29, 1.82) is 0 Å². The summed E-state index contributed by atoms with van der Waals surface area (Å²) < 4.78 is 26.6. The Morgan fingerprint density at radius 1 is 1.61 bits per heavy atom. The molecule has 0 bridgehead atoms. The molecule has 0 amide bonds. The van der Waals surface area contributed by atoms with E-state index in [1.54, 1.807) is 11.8 Å². The zero-order valence-electron chi connectivity index (χ0n) is 9.67. The molecule has 8 heteroatoms. The number of hydrogen-bond acceptors (Lipinski definition) is 5. The van der Waals surface area contributed by atoms with Gasteiger partial charge in [0.15, 0.2) is 0 Å². The van der Waals surface area contributed by atoms with Gasteiger partial charge < -0.3 is 5.11 Å². The van der Waals surface area contributed by atoms with Gasteiger partial charge in [0.05, 0.1) is 0 Å². The molecule has 1 heterocycles. The van der Waals surface area contributed by atoms with Crippen LogP contribution in [0.4, 0.5) is 0 Å². The maximum Gasteiger partial charge on any atom is 0.347 e. The van der Waals surface area contributed by atoms with Crippen molar-refractivity contribution in [3.8, 4) is 0 Å². The number of carboxylic acids is 1. The number of thioether (sulfide) groups is 1. The van der Waals surface area contributed by atoms with E-state index in [2.05, 4.69) is 4.72 Å². The highest BCUT2D eigenvalue weighted by molar-refractivity contribution is 8.00. The Morgan fingerprint density at radius 2 is 2.28 bits per heavy atom. The number of rotatable bonds is 6. The fourth-order valence-electron chi connectivity index (χ4n) is 1.56. The molecule has 100 valence electrons. The van der Waals surface area contributed by atoms with Crippen LogP contribution in [0.1, 0.15) is 22.5 Å². The average Bonchev–Trinajstić information content (AvgIpc) is 2.91. The van der Waals surface area contributed by atoms with Gasteiger partial charge in [0.1, 0.15) is 9.77 Å². The van der Waals surface area contributed by atoms with Gasteiger partial charge in [0.2, 0.25) is 10.0 Å². The second kappa shape index (κ2) is 4.84. The van der Waals surface area contributed by atoms with Gasteiger partial charge in [-0.2, -0.15) is 11.8 Å². The zero-order chi connectivity index (χ0) is 13.4. The lowest BCUT2D eigenvalue weighted by atomic mass is 10.4. The Bertz CT molecular complexity index is 559. The highest BCUT2D eigenvalue weighted by Crippen LogP contribution is 2.46. The Labute approximate surface area is 114 Å². The van der Waals surface area contributed by atoms with Gasteiger partial charge in [-0.05, 0) is 30.5 Å². The summed E-state index contributed by atoms with van der Waals surface area (Å²) in [5, 5.41) is 10.4. The van der Waals surface area contributed by atoms with Crippen LogP contribution in [-0.4, -0.2) is 37.0 Å². The Balaban J connectivity index is 2.15. The van der Waals surface area contributed by atoms with Crippen LogP contribution >= 0.6 is 23.1 Å². The predicted octanol–water partition coefficient (Wildman–Crippen LogP) is 1.62. The third kappa shape index (κ3) is 2.71. The molecule has 1 aliphatic carbocycles. The van der Waals surface area contributed by atoms with Crippen LogP contribution in [0.5, 0.6) is 0 Å². The van der Waals surface area contributed by atoms with Crippen LogP contribution < -0.4 is 4.72 Å². The van der Waals surface area contributed by atoms with E-state index in [0.717, 1.165) is 24.2 Å². The van der Waals surface area contributed by atoms with Crippen molar-refractivity contribution in [2.24, 2.45) is 0 Å². The first-order valence-electron chi connectivity index (χ1n) is 5.26. The van der Waals surface area contributed by atoms with E-state index in [-0.39, 0.29) is 14.5 Å². The second-order valence-electron chi connectivity index (χ2n) is 4.13. The highest BCUT2D eigenvalue weighted by atomic mass is 32.2. The minimum absolute atomic E-state index is 0.00643. The summed E-state index contributed by atoms with van der Waals surface area (Å²) in [5.74, 6) is -1.21. The van der Waals surface area contributed by atoms with Crippen LogP contribution in [0.15, 0.2) is 16.3 Å². The molecule has 0 saturated heterocycles. The van der Waals surface area contributed by atoms with Gasteiger partial charge in [-0.1, -0.05) is 0 Å². The molecule has 2 N–H and O–H groups in total. The average molecular weight is 307 g/mol. The van der Waals surface area contributed by atoms with Gasteiger partial charge in [0.25, 0.3) is 0 Å². The third-order valence-electron chi connectivity index (χ3n) is 2.94. The standard InChI is InChI=1S/C10H13NO4S3/c1-16-10(3-4-10)6-11-18(14,15)7-2-5-17-8(7)9(12)13/h2,5,11H,3-4,6H2,1H3,(H,12,13). The van der Waals surface area contributed by atoms with E-state index in [4.69, 9.17) is 5.11 Å².